The minimum absolute atomic E-state index is 0. The highest BCUT2D eigenvalue weighted by atomic mass is 32.5. The SMILES string of the molecule is C.CO[C@H]1C(OP(O)(=S)OC[C@H]2O[C@@H](n3ccc(=O)[nH]c3=O)[C@@H](O)C2O)[C@@H](CO)O[C@H]1n1ccc(=O)[nH]c1=O.[NH4+]. The molecule has 2 aliphatic rings. The molecular weight excluding hydrogens is 581 g/mol. The average molecular weight is 615 g/mol. The van der Waals surface area contributed by atoms with Gasteiger partial charge >= 0.3 is 18.1 Å². The van der Waals surface area contributed by atoms with Crippen LogP contribution in [0.5, 0.6) is 0 Å². The second-order valence-corrected chi connectivity index (χ2v) is 11.2. The number of rotatable bonds is 9. The lowest BCUT2D eigenvalue weighted by Crippen LogP contribution is -2.40. The molecule has 10 N–H and O–H groups in total. The van der Waals surface area contributed by atoms with Gasteiger partial charge < -0.3 is 45.1 Å². The normalized spacial score (nSPS) is 31.2. The minimum atomic E-state index is -4.16. The molecule has 2 aromatic rings. The molecule has 3 unspecified atom stereocenters. The Morgan fingerprint density at radius 2 is 1.48 bits per heavy atom. The predicted molar refractivity (Wildman–Crippen MR) is 140 cm³/mol. The highest BCUT2D eigenvalue weighted by molar-refractivity contribution is 8.07. The van der Waals surface area contributed by atoms with Crippen LogP contribution in [0.1, 0.15) is 19.9 Å². The van der Waals surface area contributed by atoms with Crippen LogP contribution in [-0.2, 0) is 35.1 Å². The Balaban J connectivity index is 0.00000280. The summed E-state index contributed by atoms with van der Waals surface area (Å²) in [5, 5.41) is 30.5. The first kappa shape index (κ1) is 33.8. The number of hydrogen-bond donors (Lipinski definition) is 7. The van der Waals surface area contributed by atoms with Crippen LogP contribution in [0.4, 0.5) is 0 Å². The van der Waals surface area contributed by atoms with Crippen LogP contribution in [0.2, 0.25) is 0 Å². The zero-order valence-corrected chi connectivity index (χ0v) is 22.3. The third-order valence-electron chi connectivity index (χ3n) is 5.98. The smallest absolute Gasteiger partial charge is 0.330 e. The Hall–Kier alpha value is -2.39. The van der Waals surface area contributed by atoms with Crippen molar-refractivity contribution in [3.8, 4) is 0 Å². The van der Waals surface area contributed by atoms with Gasteiger partial charge in [-0.25, -0.2) is 9.59 Å². The van der Waals surface area contributed by atoms with Gasteiger partial charge in [0.1, 0.15) is 36.6 Å². The minimum Gasteiger partial charge on any atom is -0.394 e. The van der Waals surface area contributed by atoms with Crippen molar-refractivity contribution in [3.63, 3.8) is 0 Å². The summed E-state index contributed by atoms with van der Waals surface area (Å²) in [6, 6.07) is 2.10. The standard InChI is InChI=1S/C19H25N4O13PS.CH4.H3N/c1-32-15-14(8(6-24)34-17(15)23-5-3-11(26)21-19(23)30)36-37(31,38)33-7-9-12(27)13(28)16(35-9)22-4-2-10(25)20-18(22)29;;/h2-5,8-9,12-17,24,27-28H,6-7H2,1H3,(H,31,38)(H,20,25,29)(H,21,26,30);1H4;1H3/p+1/t8-,9-,12?,13+,14?,15+,16-,17-,37?;;/m1../s1. The molecule has 0 radical (unpaired) electrons. The fourth-order valence-electron chi connectivity index (χ4n) is 4.16. The summed E-state index contributed by atoms with van der Waals surface area (Å²) in [4.78, 5) is 61.7. The lowest BCUT2D eigenvalue weighted by molar-refractivity contribution is -0.0625. The number of aromatic nitrogens is 4. The van der Waals surface area contributed by atoms with Crippen molar-refractivity contribution in [2.45, 2.75) is 56.5 Å². The molecule has 0 amide bonds. The second-order valence-electron chi connectivity index (χ2n) is 8.36. The Bertz CT molecular complexity index is 1430. The summed E-state index contributed by atoms with van der Waals surface area (Å²) < 4.78 is 29.3. The van der Waals surface area contributed by atoms with Crippen LogP contribution >= 0.6 is 6.72 Å². The van der Waals surface area contributed by atoms with Gasteiger partial charge in [-0.15, -0.1) is 0 Å². The molecule has 2 fully saturated rings. The molecule has 0 saturated carbocycles. The van der Waals surface area contributed by atoms with Gasteiger partial charge in [-0.05, 0) is 11.8 Å². The summed E-state index contributed by atoms with van der Waals surface area (Å²) >= 11 is 5.06. The number of H-pyrrole nitrogens is 2. The van der Waals surface area contributed by atoms with E-state index in [1.54, 1.807) is 0 Å². The molecule has 9 atom stereocenters. The molecule has 0 aliphatic carbocycles. The molecule has 4 rings (SSSR count). The summed E-state index contributed by atoms with van der Waals surface area (Å²) in [5.74, 6) is 0. The van der Waals surface area contributed by atoms with Crippen molar-refractivity contribution < 1.29 is 43.5 Å². The third-order valence-corrected chi connectivity index (χ3v) is 7.54. The van der Waals surface area contributed by atoms with Gasteiger partial charge in [0.25, 0.3) is 11.1 Å². The molecule has 4 heterocycles. The first-order valence-corrected chi connectivity index (χ1v) is 13.6. The zero-order chi connectivity index (χ0) is 27.8. The quantitative estimate of drug-likeness (QED) is 0.141. The molecule has 226 valence electrons. The Kier molecular flexibility index (Phi) is 11.4. The number of methoxy groups -OCH3 is 1. The average Bonchev–Trinajstić information content (AvgIpc) is 3.34. The van der Waals surface area contributed by atoms with E-state index in [1.165, 1.54) is 7.11 Å². The highest BCUT2D eigenvalue weighted by Gasteiger charge is 2.50. The van der Waals surface area contributed by atoms with Crippen LogP contribution in [0.15, 0.2) is 43.7 Å². The van der Waals surface area contributed by atoms with Gasteiger partial charge in [-0.1, -0.05) is 7.43 Å². The van der Waals surface area contributed by atoms with E-state index in [9.17, 15) is 39.4 Å². The molecule has 18 nitrogen and oxygen atoms in total. The zero-order valence-electron chi connectivity index (χ0n) is 20.6. The van der Waals surface area contributed by atoms with Crippen molar-refractivity contribution in [1.29, 1.82) is 0 Å². The predicted octanol–water partition coefficient (Wildman–Crippen LogP) is -2.76. The number of aromatic amines is 2. The van der Waals surface area contributed by atoms with Crippen molar-refractivity contribution >= 4 is 18.5 Å². The van der Waals surface area contributed by atoms with E-state index in [2.05, 4.69) is 4.98 Å². The number of nitrogens with zero attached hydrogens (tertiary/aromatic N) is 2. The summed E-state index contributed by atoms with van der Waals surface area (Å²) in [6.45, 7) is -5.37. The van der Waals surface area contributed by atoms with Crippen molar-refractivity contribution in [3.05, 3.63) is 66.2 Å². The molecule has 0 spiro atoms. The largest absolute Gasteiger partial charge is 0.394 e. The lowest BCUT2D eigenvalue weighted by Gasteiger charge is -2.27. The molecule has 20 heteroatoms. The number of ether oxygens (including phenoxy) is 3. The van der Waals surface area contributed by atoms with Gasteiger partial charge in [0, 0.05) is 31.6 Å². The van der Waals surface area contributed by atoms with Crippen LogP contribution in [0, 0.1) is 0 Å². The van der Waals surface area contributed by atoms with Gasteiger partial charge in [0.15, 0.2) is 12.5 Å². The summed E-state index contributed by atoms with van der Waals surface area (Å²) in [7, 11) is 1.26. The topological polar surface area (TPSA) is 273 Å². The Labute approximate surface area is 230 Å². The summed E-state index contributed by atoms with van der Waals surface area (Å²) in [5.41, 5.74) is -3.01. The van der Waals surface area contributed by atoms with E-state index < -0.39 is 91.5 Å². The second kappa shape index (κ2) is 13.5. The van der Waals surface area contributed by atoms with Gasteiger partial charge in [-0.2, -0.15) is 0 Å². The Morgan fingerprint density at radius 1 is 0.950 bits per heavy atom. The number of quaternary nitrogens is 1. The fraction of sp³-hybridized carbons (Fsp3) is 0.600. The first-order valence-electron chi connectivity index (χ1n) is 11.0. The van der Waals surface area contributed by atoms with Gasteiger partial charge in [-0.3, -0.25) is 33.2 Å². The molecule has 0 bridgehead atoms. The monoisotopic (exact) mass is 614 g/mol. The molecule has 40 heavy (non-hydrogen) atoms. The third kappa shape index (κ3) is 6.90. The van der Waals surface area contributed by atoms with E-state index in [0.29, 0.717) is 0 Å². The fourth-order valence-corrected chi connectivity index (χ4v) is 5.60. The van der Waals surface area contributed by atoms with Crippen LogP contribution in [0.25, 0.3) is 0 Å². The maximum Gasteiger partial charge on any atom is 0.330 e. The van der Waals surface area contributed by atoms with Gasteiger partial charge in [0.2, 0.25) is 0 Å². The molecular formula is C20H33N5O13PS+. The van der Waals surface area contributed by atoms with Crippen molar-refractivity contribution in [1.82, 2.24) is 25.3 Å². The first-order chi connectivity index (χ1) is 18.0. The van der Waals surface area contributed by atoms with E-state index >= 15 is 0 Å². The molecule has 2 saturated heterocycles. The number of hydrogen-bond acceptors (Lipinski definition) is 13. The molecule has 2 aromatic heterocycles. The van der Waals surface area contributed by atoms with E-state index in [1.807, 2.05) is 4.98 Å². The number of aliphatic hydroxyl groups excluding tert-OH is 3. The number of nitrogens with one attached hydrogen (secondary N) is 2. The molecule has 2 aliphatic heterocycles. The van der Waals surface area contributed by atoms with Crippen LogP contribution in [0.3, 0.4) is 0 Å². The highest BCUT2D eigenvalue weighted by Crippen LogP contribution is 2.49. The maximum absolute atomic E-state index is 12.2. The van der Waals surface area contributed by atoms with Crippen molar-refractivity contribution in [2.24, 2.45) is 0 Å². The number of aliphatic hydroxyl groups is 3. The molecule has 0 aromatic carbocycles. The van der Waals surface area contributed by atoms with E-state index in [4.69, 9.17) is 35.1 Å². The maximum atomic E-state index is 12.2. The lowest BCUT2D eigenvalue weighted by atomic mass is 10.1. The van der Waals surface area contributed by atoms with Gasteiger partial charge in [0.05, 0.1) is 13.2 Å². The summed E-state index contributed by atoms with van der Waals surface area (Å²) in [6.07, 6.45) is -8.22. The van der Waals surface area contributed by atoms with Crippen LogP contribution < -0.4 is 28.6 Å². The van der Waals surface area contributed by atoms with Crippen molar-refractivity contribution in [2.75, 3.05) is 20.3 Å². The van der Waals surface area contributed by atoms with Crippen LogP contribution in [-0.4, -0.2) is 96.3 Å². The van der Waals surface area contributed by atoms with E-state index in [0.717, 1.165) is 33.7 Å². The Morgan fingerprint density at radius 3 is 1.98 bits per heavy atom. The van der Waals surface area contributed by atoms with E-state index in [-0.39, 0.29) is 13.6 Å².